The highest BCUT2D eigenvalue weighted by molar-refractivity contribution is 7.16. The van der Waals surface area contributed by atoms with Crippen molar-refractivity contribution in [1.82, 2.24) is 4.98 Å². The lowest BCUT2D eigenvalue weighted by molar-refractivity contribution is -0.384. The van der Waals surface area contributed by atoms with Crippen LogP contribution in [0, 0.1) is 10.1 Å². The van der Waals surface area contributed by atoms with Crippen molar-refractivity contribution >= 4 is 34.6 Å². The minimum atomic E-state index is -0.564. The molecule has 104 valence electrons. The predicted octanol–water partition coefficient (Wildman–Crippen LogP) is 3.55. The van der Waals surface area contributed by atoms with Crippen LogP contribution in [0.3, 0.4) is 0 Å². The van der Waals surface area contributed by atoms with Gasteiger partial charge in [0.2, 0.25) is 0 Å². The Bertz CT molecular complexity index is 671. The highest BCUT2D eigenvalue weighted by atomic mass is 35.5. The molecular weight excluding hydrogens is 304 g/mol. The van der Waals surface area contributed by atoms with Crippen LogP contribution >= 0.6 is 22.9 Å². The van der Waals surface area contributed by atoms with Crippen LogP contribution in [0.2, 0.25) is 5.02 Å². The van der Waals surface area contributed by atoms with Crippen LogP contribution in [-0.2, 0) is 4.74 Å². The van der Waals surface area contributed by atoms with E-state index in [1.807, 2.05) is 0 Å². The number of rotatable bonds is 4. The van der Waals surface area contributed by atoms with Crippen LogP contribution < -0.4 is 0 Å². The Balaban J connectivity index is 2.35. The first-order valence-corrected chi connectivity index (χ1v) is 6.79. The van der Waals surface area contributed by atoms with E-state index in [1.165, 1.54) is 18.3 Å². The Hall–Kier alpha value is -1.99. The SMILES string of the molecule is CCOC(=O)c1cnc(-c2ccc(Cl)c([N+](=O)[O-])c2)s1. The van der Waals surface area contributed by atoms with E-state index in [9.17, 15) is 14.9 Å². The average Bonchev–Trinajstić information content (AvgIpc) is 2.89. The normalized spacial score (nSPS) is 10.3. The fourth-order valence-electron chi connectivity index (χ4n) is 1.49. The third kappa shape index (κ3) is 2.94. The molecule has 0 saturated heterocycles. The zero-order valence-corrected chi connectivity index (χ0v) is 11.9. The van der Waals surface area contributed by atoms with Gasteiger partial charge in [0.05, 0.1) is 17.7 Å². The first kappa shape index (κ1) is 14.4. The summed E-state index contributed by atoms with van der Waals surface area (Å²) in [5.41, 5.74) is 0.332. The maximum absolute atomic E-state index is 11.5. The largest absolute Gasteiger partial charge is 0.462 e. The summed E-state index contributed by atoms with van der Waals surface area (Å²) in [6.07, 6.45) is 1.39. The molecule has 0 unspecified atom stereocenters. The van der Waals surface area contributed by atoms with Crippen LogP contribution in [0.5, 0.6) is 0 Å². The molecule has 0 saturated carbocycles. The topological polar surface area (TPSA) is 82.3 Å². The van der Waals surface area contributed by atoms with Gasteiger partial charge in [0, 0.05) is 11.6 Å². The van der Waals surface area contributed by atoms with Gasteiger partial charge in [0.15, 0.2) is 0 Å². The smallest absolute Gasteiger partial charge is 0.349 e. The number of carbonyl (C=O) groups excluding carboxylic acids is 1. The summed E-state index contributed by atoms with van der Waals surface area (Å²) in [6.45, 7) is 1.99. The van der Waals surface area contributed by atoms with Crippen molar-refractivity contribution in [3.63, 3.8) is 0 Å². The van der Waals surface area contributed by atoms with Crippen LogP contribution in [0.25, 0.3) is 10.6 Å². The maximum Gasteiger partial charge on any atom is 0.349 e. The van der Waals surface area contributed by atoms with Crippen molar-refractivity contribution in [2.45, 2.75) is 6.92 Å². The molecule has 0 aliphatic carbocycles. The lowest BCUT2D eigenvalue weighted by Gasteiger charge is -1.99. The third-order valence-electron chi connectivity index (χ3n) is 2.37. The summed E-state index contributed by atoms with van der Waals surface area (Å²) in [5, 5.41) is 11.4. The van der Waals surface area contributed by atoms with Crippen molar-refractivity contribution in [3.05, 3.63) is 44.4 Å². The number of hydrogen-bond donors (Lipinski definition) is 0. The van der Waals surface area contributed by atoms with Gasteiger partial charge in [-0.05, 0) is 19.1 Å². The fraction of sp³-hybridized carbons (Fsp3) is 0.167. The number of benzene rings is 1. The quantitative estimate of drug-likeness (QED) is 0.490. The zero-order chi connectivity index (χ0) is 14.7. The van der Waals surface area contributed by atoms with E-state index in [2.05, 4.69) is 4.98 Å². The number of nitro groups is 1. The van der Waals surface area contributed by atoms with Gasteiger partial charge in [-0.15, -0.1) is 11.3 Å². The van der Waals surface area contributed by atoms with E-state index in [1.54, 1.807) is 13.0 Å². The molecule has 0 amide bonds. The maximum atomic E-state index is 11.5. The van der Waals surface area contributed by atoms with Gasteiger partial charge >= 0.3 is 5.97 Å². The molecule has 0 N–H and O–H groups in total. The Kier molecular flexibility index (Phi) is 4.31. The Labute approximate surface area is 123 Å². The van der Waals surface area contributed by atoms with E-state index in [4.69, 9.17) is 16.3 Å². The molecule has 0 spiro atoms. The van der Waals surface area contributed by atoms with Gasteiger partial charge in [-0.3, -0.25) is 10.1 Å². The molecular formula is C12H9ClN2O4S. The van der Waals surface area contributed by atoms with E-state index in [0.717, 1.165) is 11.3 Å². The third-order valence-corrected chi connectivity index (χ3v) is 3.72. The van der Waals surface area contributed by atoms with Gasteiger partial charge in [0.25, 0.3) is 5.69 Å². The molecule has 0 aliphatic heterocycles. The number of esters is 1. The minimum absolute atomic E-state index is 0.0564. The van der Waals surface area contributed by atoms with E-state index in [-0.39, 0.29) is 17.3 Å². The molecule has 6 nitrogen and oxygen atoms in total. The van der Waals surface area contributed by atoms with Crippen LogP contribution in [-0.4, -0.2) is 22.5 Å². The van der Waals surface area contributed by atoms with Gasteiger partial charge in [-0.1, -0.05) is 11.6 Å². The summed E-state index contributed by atoms with van der Waals surface area (Å²) in [7, 11) is 0. The molecule has 0 radical (unpaired) electrons. The monoisotopic (exact) mass is 312 g/mol. The highest BCUT2D eigenvalue weighted by Gasteiger charge is 2.17. The minimum Gasteiger partial charge on any atom is -0.462 e. The molecule has 1 aromatic heterocycles. The Morgan fingerprint density at radius 3 is 2.95 bits per heavy atom. The van der Waals surface area contributed by atoms with Crippen molar-refractivity contribution in [1.29, 1.82) is 0 Å². The Morgan fingerprint density at radius 1 is 1.55 bits per heavy atom. The fourth-order valence-corrected chi connectivity index (χ4v) is 2.48. The molecule has 8 heteroatoms. The number of nitro benzene ring substituents is 1. The second kappa shape index (κ2) is 5.98. The van der Waals surface area contributed by atoms with Gasteiger partial charge in [-0.25, -0.2) is 9.78 Å². The molecule has 2 rings (SSSR count). The lowest BCUT2D eigenvalue weighted by atomic mass is 10.2. The van der Waals surface area contributed by atoms with Crippen molar-refractivity contribution in [3.8, 4) is 10.6 Å². The molecule has 1 aromatic carbocycles. The molecule has 1 heterocycles. The first-order chi connectivity index (χ1) is 9.52. The average molecular weight is 313 g/mol. The number of aromatic nitrogens is 1. The summed E-state index contributed by atoms with van der Waals surface area (Å²) in [6, 6.07) is 4.37. The second-order valence-corrected chi connectivity index (χ2v) is 5.11. The summed E-state index contributed by atoms with van der Waals surface area (Å²) in [5.74, 6) is -0.459. The van der Waals surface area contributed by atoms with Crippen LogP contribution in [0.15, 0.2) is 24.4 Å². The lowest BCUT2D eigenvalue weighted by Crippen LogP contribution is -2.01. The van der Waals surface area contributed by atoms with Gasteiger partial charge in [0.1, 0.15) is 14.9 Å². The summed E-state index contributed by atoms with van der Waals surface area (Å²) >= 11 is 6.85. The number of thiazole rings is 1. The molecule has 0 bridgehead atoms. The van der Waals surface area contributed by atoms with Crippen molar-refractivity contribution in [2.24, 2.45) is 0 Å². The number of hydrogen-bond acceptors (Lipinski definition) is 6. The van der Waals surface area contributed by atoms with Crippen LogP contribution in [0.1, 0.15) is 16.6 Å². The van der Waals surface area contributed by atoms with E-state index in [0.29, 0.717) is 15.4 Å². The summed E-state index contributed by atoms with van der Waals surface area (Å²) in [4.78, 5) is 26.2. The van der Waals surface area contributed by atoms with Gasteiger partial charge < -0.3 is 4.74 Å². The number of nitrogens with zero attached hydrogens (tertiary/aromatic N) is 2. The summed E-state index contributed by atoms with van der Waals surface area (Å²) < 4.78 is 4.86. The predicted molar refractivity (Wildman–Crippen MR) is 75.2 cm³/mol. The van der Waals surface area contributed by atoms with Gasteiger partial charge in [-0.2, -0.15) is 0 Å². The Morgan fingerprint density at radius 2 is 2.30 bits per heavy atom. The molecule has 0 aliphatic rings. The highest BCUT2D eigenvalue weighted by Crippen LogP contribution is 2.32. The molecule has 2 aromatic rings. The standard InChI is InChI=1S/C12H9ClN2O4S/c1-2-19-12(16)10-6-14-11(20-10)7-3-4-8(13)9(5-7)15(17)18/h3-6H,2H2,1H3. The number of ether oxygens (including phenoxy) is 1. The molecule has 0 atom stereocenters. The van der Waals surface area contributed by atoms with Crippen molar-refractivity contribution < 1.29 is 14.5 Å². The number of carbonyl (C=O) groups is 1. The first-order valence-electron chi connectivity index (χ1n) is 5.60. The van der Waals surface area contributed by atoms with E-state index < -0.39 is 10.9 Å². The van der Waals surface area contributed by atoms with Crippen LogP contribution in [0.4, 0.5) is 5.69 Å². The number of halogens is 1. The second-order valence-electron chi connectivity index (χ2n) is 3.67. The molecule has 0 fully saturated rings. The van der Waals surface area contributed by atoms with E-state index >= 15 is 0 Å². The zero-order valence-electron chi connectivity index (χ0n) is 10.3. The van der Waals surface area contributed by atoms with Crippen molar-refractivity contribution in [2.75, 3.05) is 6.61 Å². The molecule has 20 heavy (non-hydrogen) atoms.